The summed E-state index contributed by atoms with van der Waals surface area (Å²) in [6.07, 6.45) is 5.95. The predicted molar refractivity (Wildman–Crippen MR) is 95.9 cm³/mol. The molecular weight excluding hydrogens is 304 g/mol. The summed E-state index contributed by atoms with van der Waals surface area (Å²) >= 11 is 0. The molecule has 0 spiro atoms. The smallest absolute Gasteiger partial charge is 0.317 e. The van der Waals surface area contributed by atoms with Crippen LogP contribution in [0.1, 0.15) is 52.9 Å². The van der Waals surface area contributed by atoms with Crippen molar-refractivity contribution in [3.63, 3.8) is 0 Å². The number of likely N-dealkylation sites (tertiary alicyclic amines) is 2. The van der Waals surface area contributed by atoms with E-state index in [0.29, 0.717) is 19.1 Å². The Morgan fingerprint density at radius 1 is 1.00 bits per heavy atom. The predicted octanol–water partition coefficient (Wildman–Crippen LogP) is 1.81. The van der Waals surface area contributed by atoms with Gasteiger partial charge >= 0.3 is 6.03 Å². The largest absolute Gasteiger partial charge is 0.356 e. The molecule has 2 aliphatic heterocycles. The highest BCUT2D eigenvalue weighted by molar-refractivity contribution is 5.83. The van der Waals surface area contributed by atoms with Gasteiger partial charge in [0, 0.05) is 32.2 Å². The van der Waals surface area contributed by atoms with Crippen molar-refractivity contribution < 1.29 is 9.59 Å². The maximum atomic E-state index is 12.5. The van der Waals surface area contributed by atoms with Crippen LogP contribution in [0.4, 0.5) is 4.79 Å². The van der Waals surface area contributed by atoms with Crippen LogP contribution in [0.5, 0.6) is 0 Å². The normalized spacial score (nSPS) is 23.0. The lowest BCUT2D eigenvalue weighted by Crippen LogP contribution is -2.48. The second kappa shape index (κ2) is 8.70. The van der Waals surface area contributed by atoms with E-state index >= 15 is 0 Å². The van der Waals surface area contributed by atoms with E-state index in [2.05, 4.69) is 15.5 Å². The lowest BCUT2D eigenvalue weighted by molar-refractivity contribution is -0.128. The van der Waals surface area contributed by atoms with Crippen molar-refractivity contribution in [2.45, 2.75) is 58.9 Å². The van der Waals surface area contributed by atoms with Gasteiger partial charge in [-0.3, -0.25) is 4.79 Å². The summed E-state index contributed by atoms with van der Waals surface area (Å²) in [5, 5.41) is 5.78. The molecule has 0 bridgehead atoms. The van der Waals surface area contributed by atoms with Crippen molar-refractivity contribution in [2.75, 3.05) is 39.3 Å². The van der Waals surface area contributed by atoms with Crippen LogP contribution in [0.2, 0.25) is 0 Å². The molecule has 2 N–H and O–H groups in total. The third-order valence-electron chi connectivity index (χ3n) is 5.28. The molecule has 2 heterocycles. The molecule has 3 amide bonds. The zero-order chi connectivity index (χ0) is 17.6. The Morgan fingerprint density at radius 3 is 2.38 bits per heavy atom. The molecule has 0 aromatic carbocycles. The zero-order valence-corrected chi connectivity index (χ0v) is 15.6. The van der Waals surface area contributed by atoms with E-state index in [4.69, 9.17) is 0 Å². The Hall–Kier alpha value is -1.30. The Morgan fingerprint density at radius 2 is 1.71 bits per heavy atom. The van der Waals surface area contributed by atoms with Gasteiger partial charge in [0.2, 0.25) is 5.91 Å². The van der Waals surface area contributed by atoms with Gasteiger partial charge in [-0.2, -0.15) is 0 Å². The first kappa shape index (κ1) is 19.0. The minimum absolute atomic E-state index is 0.0183. The number of nitrogens with zero attached hydrogens (tertiary/aromatic N) is 2. The first-order valence-electron chi connectivity index (χ1n) is 9.49. The van der Waals surface area contributed by atoms with E-state index in [-0.39, 0.29) is 11.9 Å². The maximum Gasteiger partial charge on any atom is 0.317 e. The van der Waals surface area contributed by atoms with Gasteiger partial charge in [0.25, 0.3) is 0 Å². The summed E-state index contributed by atoms with van der Waals surface area (Å²) in [6.45, 7) is 10.7. The summed E-state index contributed by atoms with van der Waals surface area (Å²) < 4.78 is 0. The van der Waals surface area contributed by atoms with E-state index in [1.54, 1.807) is 0 Å². The monoisotopic (exact) mass is 338 g/mol. The van der Waals surface area contributed by atoms with Crippen LogP contribution >= 0.6 is 0 Å². The average molecular weight is 338 g/mol. The fourth-order valence-corrected chi connectivity index (χ4v) is 3.64. The number of hydrogen-bond donors (Lipinski definition) is 2. The van der Waals surface area contributed by atoms with Crippen LogP contribution in [-0.4, -0.2) is 67.0 Å². The van der Waals surface area contributed by atoms with Crippen LogP contribution in [0, 0.1) is 5.41 Å². The van der Waals surface area contributed by atoms with Crippen LogP contribution < -0.4 is 10.6 Å². The van der Waals surface area contributed by atoms with Crippen molar-refractivity contribution in [3.05, 3.63) is 0 Å². The van der Waals surface area contributed by atoms with Gasteiger partial charge < -0.3 is 20.4 Å². The summed E-state index contributed by atoms with van der Waals surface area (Å²) in [7, 11) is 0. The van der Waals surface area contributed by atoms with Crippen LogP contribution in [0.25, 0.3) is 0 Å². The van der Waals surface area contributed by atoms with Gasteiger partial charge in [0.15, 0.2) is 0 Å². The molecule has 0 aliphatic carbocycles. The summed E-state index contributed by atoms with van der Waals surface area (Å²) in [5.74, 6) is -0.0183. The Balaban J connectivity index is 1.79. The standard InChI is InChI=1S/C18H34N4O2/c1-4-19-16(23)18(2,3)14-20-17(24)22-12-7-8-15(9-13-22)21-10-5-6-11-21/h15H,4-14H2,1-3H3,(H,19,23)(H,20,24). The minimum atomic E-state index is -0.588. The third-order valence-corrected chi connectivity index (χ3v) is 5.28. The highest BCUT2D eigenvalue weighted by Gasteiger charge is 2.30. The second-order valence-corrected chi connectivity index (χ2v) is 7.72. The Labute approximate surface area is 146 Å². The summed E-state index contributed by atoms with van der Waals surface area (Å²) in [6, 6.07) is 0.603. The van der Waals surface area contributed by atoms with Crippen molar-refractivity contribution in [1.29, 1.82) is 0 Å². The lowest BCUT2D eigenvalue weighted by Gasteiger charge is -2.28. The zero-order valence-electron chi connectivity index (χ0n) is 15.6. The molecule has 6 heteroatoms. The van der Waals surface area contributed by atoms with Gasteiger partial charge in [-0.15, -0.1) is 0 Å². The molecule has 0 radical (unpaired) electrons. The van der Waals surface area contributed by atoms with E-state index in [1.807, 2.05) is 25.7 Å². The lowest BCUT2D eigenvalue weighted by atomic mass is 9.92. The summed E-state index contributed by atoms with van der Waals surface area (Å²) in [5.41, 5.74) is -0.588. The van der Waals surface area contributed by atoms with Crippen molar-refractivity contribution >= 4 is 11.9 Å². The van der Waals surface area contributed by atoms with E-state index < -0.39 is 5.41 Å². The molecule has 138 valence electrons. The number of carbonyl (C=O) groups is 2. The first-order valence-corrected chi connectivity index (χ1v) is 9.49. The SMILES string of the molecule is CCNC(=O)C(C)(C)CNC(=O)N1CCCC(N2CCCC2)CC1. The van der Waals surface area contributed by atoms with Crippen molar-refractivity contribution in [1.82, 2.24) is 20.4 Å². The van der Waals surface area contributed by atoms with Crippen molar-refractivity contribution in [2.24, 2.45) is 5.41 Å². The van der Waals surface area contributed by atoms with Crippen molar-refractivity contribution in [3.8, 4) is 0 Å². The quantitative estimate of drug-likeness (QED) is 0.803. The maximum absolute atomic E-state index is 12.5. The molecule has 6 nitrogen and oxygen atoms in total. The number of amides is 3. The topological polar surface area (TPSA) is 64.7 Å². The molecule has 1 unspecified atom stereocenters. The summed E-state index contributed by atoms with van der Waals surface area (Å²) in [4.78, 5) is 29.0. The fraction of sp³-hybridized carbons (Fsp3) is 0.889. The molecular formula is C18H34N4O2. The number of nitrogens with one attached hydrogen (secondary N) is 2. The van der Waals surface area contributed by atoms with Gasteiger partial charge in [-0.1, -0.05) is 0 Å². The van der Waals surface area contributed by atoms with Crippen LogP contribution in [0.3, 0.4) is 0 Å². The molecule has 24 heavy (non-hydrogen) atoms. The van der Waals surface area contributed by atoms with Gasteiger partial charge in [-0.05, 0) is 66.0 Å². The highest BCUT2D eigenvalue weighted by atomic mass is 16.2. The molecule has 2 saturated heterocycles. The number of carbonyl (C=O) groups excluding carboxylic acids is 2. The van der Waals surface area contributed by atoms with E-state index in [9.17, 15) is 9.59 Å². The first-order chi connectivity index (χ1) is 11.4. The Kier molecular flexibility index (Phi) is 6.90. The third kappa shape index (κ3) is 5.10. The van der Waals surface area contributed by atoms with E-state index in [1.165, 1.54) is 32.4 Å². The van der Waals surface area contributed by atoms with E-state index in [0.717, 1.165) is 25.9 Å². The second-order valence-electron chi connectivity index (χ2n) is 7.72. The van der Waals surface area contributed by atoms with Gasteiger partial charge in [-0.25, -0.2) is 4.79 Å². The van der Waals surface area contributed by atoms with Crippen LogP contribution in [-0.2, 0) is 4.79 Å². The highest BCUT2D eigenvalue weighted by Crippen LogP contribution is 2.21. The number of rotatable bonds is 5. The molecule has 2 aliphatic rings. The van der Waals surface area contributed by atoms with Gasteiger partial charge in [0.1, 0.15) is 0 Å². The van der Waals surface area contributed by atoms with Crippen LogP contribution in [0.15, 0.2) is 0 Å². The number of hydrogen-bond acceptors (Lipinski definition) is 3. The fourth-order valence-electron chi connectivity index (χ4n) is 3.64. The molecule has 0 aromatic rings. The van der Waals surface area contributed by atoms with Gasteiger partial charge in [0.05, 0.1) is 5.41 Å². The minimum Gasteiger partial charge on any atom is -0.356 e. The Bertz CT molecular complexity index is 433. The number of urea groups is 1. The molecule has 2 rings (SSSR count). The molecule has 1 atom stereocenters. The molecule has 2 fully saturated rings. The average Bonchev–Trinajstić information content (AvgIpc) is 2.97. The molecule has 0 aromatic heterocycles. The molecule has 0 saturated carbocycles.